The van der Waals surface area contributed by atoms with Crippen molar-refractivity contribution in [2.24, 2.45) is 0 Å². The number of benzene rings is 1. The summed E-state index contributed by atoms with van der Waals surface area (Å²) < 4.78 is 4.89. The molecule has 0 unspecified atom stereocenters. The summed E-state index contributed by atoms with van der Waals surface area (Å²) in [6, 6.07) is 6.15. The number of aliphatic hydroxyl groups is 1. The lowest BCUT2D eigenvalue weighted by Crippen LogP contribution is -2.29. The second-order valence-electron chi connectivity index (χ2n) is 3.58. The zero-order valence-electron chi connectivity index (χ0n) is 10.1. The normalized spacial score (nSPS) is 9.67. The van der Waals surface area contributed by atoms with Gasteiger partial charge in [-0.1, -0.05) is 6.07 Å². The predicted octanol–water partition coefficient (Wildman–Crippen LogP) is 1.12. The fraction of sp³-hybridized carbons (Fsp3) is 0.333. The van der Waals surface area contributed by atoms with Crippen molar-refractivity contribution in [1.29, 1.82) is 0 Å². The Labute approximate surface area is 105 Å². The Morgan fingerprint density at radius 3 is 2.83 bits per heavy atom. The number of aliphatic hydroxyl groups excluding tert-OH is 1. The van der Waals surface area contributed by atoms with Crippen LogP contribution >= 0.6 is 0 Å². The van der Waals surface area contributed by atoms with Gasteiger partial charge in [0.15, 0.2) is 0 Å². The maximum atomic E-state index is 11.4. The number of urea groups is 1. The fourth-order valence-corrected chi connectivity index (χ4v) is 1.26. The van der Waals surface area contributed by atoms with Crippen LogP contribution in [0.1, 0.15) is 13.3 Å². The molecule has 0 heterocycles. The van der Waals surface area contributed by atoms with Crippen LogP contribution in [0.3, 0.4) is 0 Å². The summed E-state index contributed by atoms with van der Waals surface area (Å²) in [4.78, 5) is 22.2. The molecule has 1 aromatic carbocycles. The summed E-state index contributed by atoms with van der Waals surface area (Å²) in [6.45, 7) is 1.73. The number of carbonyl (C=O) groups excluding carboxylic acids is 2. The summed E-state index contributed by atoms with van der Waals surface area (Å²) in [6.07, 6.45) is 0.501. The van der Waals surface area contributed by atoms with Crippen molar-refractivity contribution in [2.75, 3.05) is 18.5 Å². The van der Waals surface area contributed by atoms with Gasteiger partial charge in [-0.2, -0.15) is 0 Å². The number of ether oxygens (including phenoxy) is 1. The van der Waals surface area contributed by atoms with Crippen molar-refractivity contribution in [3.63, 3.8) is 0 Å². The average molecular weight is 252 g/mol. The third-order valence-corrected chi connectivity index (χ3v) is 1.97. The van der Waals surface area contributed by atoms with Crippen molar-refractivity contribution < 1.29 is 19.4 Å². The molecule has 0 aliphatic heterocycles. The van der Waals surface area contributed by atoms with E-state index in [2.05, 4.69) is 10.6 Å². The van der Waals surface area contributed by atoms with Gasteiger partial charge in [0.2, 0.25) is 0 Å². The molecule has 1 rings (SSSR count). The minimum atomic E-state index is -0.417. The Kier molecular flexibility index (Phi) is 5.66. The maximum Gasteiger partial charge on any atom is 0.319 e. The molecule has 0 saturated heterocycles. The first-order valence-corrected chi connectivity index (χ1v) is 5.56. The molecule has 0 saturated carbocycles. The Hall–Kier alpha value is -2.08. The molecule has 6 heteroatoms. The first-order chi connectivity index (χ1) is 8.61. The Bertz CT molecular complexity index is 420. The van der Waals surface area contributed by atoms with Gasteiger partial charge < -0.3 is 20.5 Å². The molecule has 18 heavy (non-hydrogen) atoms. The van der Waals surface area contributed by atoms with Gasteiger partial charge in [-0.25, -0.2) is 4.79 Å². The second kappa shape index (κ2) is 7.29. The average Bonchev–Trinajstić information content (AvgIpc) is 2.28. The van der Waals surface area contributed by atoms with Crippen LogP contribution in [-0.4, -0.2) is 30.3 Å². The number of rotatable bonds is 5. The minimum absolute atomic E-state index is 0.0300. The first kappa shape index (κ1) is 14.0. The van der Waals surface area contributed by atoms with Crippen LogP contribution < -0.4 is 15.4 Å². The van der Waals surface area contributed by atoms with E-state index < -0.39 is 5.97 Å². The standard InChI is InChI=1S/C12H16N2O4/c1-9(16)18-11-5-2-4-10(8-11)14-12(17)13-6-3-7-15/h2,4-5,8,15H,3,6-7H2,1H3,(H2,13,14,17). The summed E-state index contributed by atoms with van der Waals surface area (Å²) in [5.41, 5.74) is 0.523. The van der Waals surface area contributed by atoms with E-state index in [0.29, 0.717) is 24.4 Å². The number of esters is 1. The van der Waals surface area contributed by atoms with Crippen molar-refractivity contribution in [1.82, 2.24) is 5.32 Å². The Balaban J connectivity index is 2.51. The van der Waals surface area contributed by atoms with Crippen LogP contribution in [0.15, 0.2) is 24.3 Å². The van der Waals surface area contributed by atoms with E-state index in [0.717, 1.165) is 0 Å². The quantitative estimate of drug-likeness (QED) is 0.416. The highest BCUT2D eigenvalue weighted by Crippen LogP contribution is 2.17. The zero-order valence-corrected chi connectivity index (χ0v) is 10.1. The minimum Gasteiger partial charge on any atom is -0.427 e. The largest absolute Gasteiger partial charge is 0.427 e. The molecule has 0 aliphatic rings. The van der Waals surface area contributed by atoms with Gasteiger partial charge in [0.25, 0.3) is 0 Å². The van der Waals surface area contributed by atoms with E-state index in [1.165, 1.54) is 6.92 Å². The van der Waals surface area contributed by atoms with Crippen molar-refractivity contribution in [2.45, 2.75) is 13.3 Å². The summed E-state index contributed by atoms with van der Waals surface area (Å²) >= 11 is 0. The Morgan fingerprint density at radius 1 is 1.39 bits per heavy atom. The van der Waals surface area contributed by atoms with E-state index in [1.807, 2.05) is 0 Å². The number of nitrogens with one attached hydrogen (secondary N) is 2. The zero-order chi connectivity index (χ0) is 13.4. The number of anilines is 1. The van der Waals surface area contributed by atoms with Crippen LogP contribution in [-0.2, 0) is 4.79 Å². The lowest BCUT2D eigenvalue weighted by atomic mass is 10.3. The summed E-state index contributed by atoms with van der Waals surface area (Å²) in [5, 5.41) is 13.7. The van der Waals surface area contributed by atoms with Crippen LogP contribution in [0.2, 0.25) is 0 Å². The topological polar surface area (TPSA) is 87.7 Å². The lowest BCUT2D eigenvalue weighted by Gasteiger charge is -2.08. The van der Waals surface area contributed by atoms with Crippen LogP contribution in [0, 0.1) is 0 Å². The molecule has 98 valence electrons. The van der Waals surface area contributed by atoms with Gasteiger partial charge in [0.1, 0.15) is 5.75 Å². The summed E-state index contributed by atoms with van der Waals surface area (Å²) in [5.74, 6) is -0.0461. The molecule has 0 spiro atoms. The van der Waals surface area contributed by atoms with Crippen LogP contribution in [0.25, 0.3) is 0 Å². The smallest absolute Gasteiger partial charge is 0.319 e. The molecule has 1 aromatic rings. The van der Waals surface area contributed by atoms with E-state index in [-0.39, 0.29) is 12.6 Å². The van der Waals surface area contributed by atoms with E-state index in [9.17, 15) is 9.59 Å². The third kappa shape index (κ3) is 5.31. The Morgan fingerprint density at radius 2 is 2.17 bits per heavy atom. The molecular weight excluding hydrogens is 236 g/mol. The van der Waals surface area contributed by atoms with Gasteiger partial charge in [-0.15, -0.1) is 0 Å². The first-order valence-electron chi connectivity index (χ1n) is 5.56. The van der Waals surface area contributed by atoms with Gasteiger partial charge in [0, 0.05) is 31.8 Å². The number of carbonyl (C=O) groups is 2. The molecule has 0 aliphatic carbocycles. The highest BCUT2D eigenvalue weighted by atomic mass is 16.5. The summed E-state index contributed by atoms with van der Waals surface area (Å²) in [7, 11) is 0. The van der Waals surface area contributed by atoms with Gasteiger partial charge in [-0.3, -0.25) is 4.79 Å². The highest BCUT2D eigenvalue weighted by Gasteiger charge is 2.03. The molecule has 0 atom stereocenters. The number of hydrogen-bond acceptors (Lipinski definition) is 4. The van der Waals surface area contributed by atoms with E-state index in [1.54, 1.807) is 24.3 Å². The molecule has 0 bridgehead atoms. The van der Waals surface area contributed by atoms with Crippen molar-refractivity contribution in [3.8, 4) is 5.75 Å². The molecule has 2 amide bonds. The van der Waals surface area contributed by atoms with Crippen LogP contribution in [0.4, 0.5) is 10.5 Å². The third-order valence-electron chi connectivity index (χ3n) is 1.97. The lowest BCUT2D eigenvalue weighted by molar-refractivity contribution is -0.131. The maximum absolute atomic E-state index is 11.4. The van der Waals surface area contributed by atoms with Gasteiger partial charge in [-0.05, 0) is 18.6 Å². The molecule has 3 N–H and O–H groups in total. The van der Waals surface area contributed by atoms with Crippen molar-refractivity contribution >= 4 is 17.7 Å². The molecule has 0 aromatic heterocycles. The monoisotopic (exact) mass is 252 g/mol. The SMILES string of the molecule is CC(=O)Oc1cccc(NC(=O)NCCCO)c1. The van der Waals surface area contributed by atoms with E-state index in [4.69, 9.17) is 9.84 Å². The number of amides is 2. The molecule has 6 nitrogen and oxygen atoms in total. The van der Waals surface area contributed by atoms with E-state index >= 15 is 0 Å². The van der Waals surface area contributed by atoms with Gasteiger partial charge in [0.05, 0.1) is 0 Å². The molecule has 0 fully saturated rings. The molecule has 0 radical (unpaired) electrons. The fourth-order valence-electron chi connectivity index (χ4n) is 1.26. The van der Waals surface area contributed by atoms with Crippen molar-refractivity contribution in [3.05, 3.63) is 24.3 Å². The predicted molar refractivity (Wildman–Crippen MR) is 66.5 cm³/mol. The van der Waals surface area contributed by atoms with Crippen LogP contribution in [0.5, 0.6) is 5.75 Å². The highest BCUT2D eigenvalue weighted by molar-refractivity contribution is 5.89. The molecular formula is C12H16N2O4. The van der Waals surface area contributed by atoms with Gasteiger partial charge >= 0.3 is 12.0 Å². The second-order valence-corrected chi connectivity index (χ2v) is 3.58. The number of hydrogen-bond donors (Lipinski definition) is 3.